The minimum Gasteiger partial charge on any atom is -0.492 e. The first-order chi connectivity index (χ1) is 16.0. The lowest BCUT2D eigenvalue weighted by Crippen LogP contribution is -2.46. The first-order valence-corrected chi connectivity index (χ1v) is 12.3. The number of nitrogens with zero attached hydrogens (tertiary/aromatic N) is 4. The zero-order valence-electron chi connectivity index (χ0n) is 18.9. The summed E-state index contributed by atoms with van der Waals surface area (Å²) in [5.74, 6) is 1.56. The Morgan fingerprint density at radius 2 is 1.85 bits per heavy atom. The summed E-state index contributed by atoms with van der Waals surface area (Å²) in [5.41, 5.74) is 2.57. The van der Waals surface area contributed by atoms with Crippen molar-refractivity contribution >= 4 is 29.2 Å². The first kappa shape index (κ1) is 22.1. The highest BCUT2D eigenvalue weighted by Gasteiger charge is 2.37. The molecule has 0 saturated carbocycles. The molecule has 1 amide bonds. The molecule has 0 spiro atoms. The van der Waals surface area contributed by atoms with Crippen LogP contribution in [0.4, 0.5) is 5.95 Å². The van der Waals surface area contributed by atoms with E-state index in [4.69, 9.17) is 16.3 Å². The minimum atomic E-state index is -0.0807. The van der Waals surface area contributed by atoms with E-state index in [0.717, 1.165) is 62.4 Å². The normalized spacial score (nSPS) is 21.3. The van der Waals surface area contributed by atoms with Gasteiger partial charge in [-0.05, 0) is 55.4 Å². The second-order valence-electron chi connectivity index (χ2n) is 9.15. The van der Waals surface area contributed by atoms with Crippen LogP contribution < -0.4 is 9.64 Å². The van der Waals surface area contributed by atoms with Gasteiger partial charge in [0.25, 0.3) is 0 Å². The van der Waals surface area contributed by atoms with Gasteiger partial charge < -0.3 is 14.5 Å². The Hall–Kier alpha value is -2.67. The number of amides is 1. The molecule has 0 N–H and O–H groups in total. The van der Waals surface area contributed by atoms with Crippen molar-refractivity contribution in [2.24, 2.45) is 5.92 Å². The topological polar surface area (TPSA) is 75.6 Å². The number of piperidine rings is 1. The van der Waals surface area contributed by atoms with E-state index in [1.165, 1.54) is 0 Å². The van der Waals surface area contributed by atoms with E-state index in [0.29, 0.717) is 35.8 Å². The third kappa shape index (κ3) is 4.43. The molecule has 1 aromatic carbocycles. The molecule has 2 fully saturated rings. The van der Waals surface area contributed by atoms with Gasteiger partial charge in [0.05, 0.1) is 12.2 Å². The van der Waals surface area contributed by atoms with Crippen LogP contribution in [-0.4, -0.2) is 58.8 Å². The van der Waals surface area contributed by atoms with Gasteiger partial charge >= 0.3 is 0 Å². The van der Waals surface area contributed by atoms with E-state index in [2.05, 4.69) is 26.7 Å². The predicted octanol–water partition coefficient (Wildman–Crippen LogP) is 3.72. The summed E-state index contributed by atoms with van der Waals surface area (Å²) < 4.78 is 5.67. The molecule has 0 aliphatic carbocycles. The second kappa shape index (κ2) is 9.29. The summed E-state index contributed by atoms with van der Waals surface area (Å²) in [6.07, 6.45) is 8.37. The molecule has 8 heteroatoms. The highest BCUT2D eigenvalue weighted by molar-refractivity contribution is 6.32. The van der Waals surface area contributed by atoms with Crippen molar-refractivity contribution in [3.05, 3.63) is 46.2 Å². The molecule has 1 aromatic heterocycles. The molecule has 0 radical (unpaired) electrons. The number of likely N-dealkylation sites (tertiary alicyclic amines) is 1. The highest BCUT2D eigenvalue weighted by Crippen LogP contribution is 2.35. The zero-order chi connectivity index (χ0) is 22.9. The number of benzene rings is 1. The molecule has 1 atom stereocenters. The van der Waals surface area contributed by atoms with Crippen LogP contribution in [0.3, 0.4) is 0 Å². The average molecular weight is 469 g/mol. The van der Waals surface area contributed by atoms with Crippen molar-refractivity contribution in [1.29, 1.82) is 0 Å². The number of Topliss-reactive ketones (excluding diaryl/α,β-unsaturated/α-hetero) is 1. The second-order valence-corrected chi connectivity index (χ2v) is 9.55. The van der Waals surface area contributed by atoms with Crippen LogP contribution in [0.25, 0.3) is 0 Å². The number of ether oxygens (including phenoxy) is 1. The van der Waals surface area contributed by atoms with Crippen LogP contribution in [-0.2, 0) is 17.6 Å². The SMILES string of the molecule is CCc1cnc(N2CCC(N3CC[C@H](Cc4cc5c(cc4Cl)C(=O)CCO5)C3=O)CC2)nc1. The fraction of sp³-hybridized carbons (Fsp3) is 0.520. The number of aromatic nitrogens is 2. The van der Waals surface area contributed by atoms with Gasteiger partial charge in [0.1, 0.15) is 5.75 Å². The summed E-state index contributed by atoms with van der Waals surface area (Å²) in [6.45, 7) is 4.99. The Balaban J connectivity index is 1.20. The molecule has 5 rings (SSSR count). The van der Waals surface area contributed by atoms with E-state index in [1.807, 2.05) is 18.5 Å². The smallest absolute Gasteiger partial charge is 0.226 e. The van der Waals surface area contributed by atoms with Crippen molar-refractivity contribution in [3.8, 4) is 5.75 Å². The summed E-state index contributed by atoms with van der Waals surface area (Å²) in [4.78, 5) is 38.6. The van der Waals surface area contributed by atoms with Gasteiger partial charge in [-0.2, -0.15) is 0 Å². The molecule has 4 heterocycles. The van der Waals surface area contributed by atoms with Gasteiger partial charge in [-0.3, -0.25) is 9.59 Å². The number of fused-ring (bicyclic) bond motifs is 1. The van der Waals surface area contributed by atoms with Crippen LogP contribution in [0.1, 0.15) is 54.1 Å². The van der Waals surface area contributed by atoms with Crippen LogP contribution >= 0.6 is 11.6 Å². The zero-order valence-corrected chi connectivity index (χ0v) is 19.7. The fourth-order valence-corrected chi connectivity index (χ4v) is 5.37. The largest absolute Gasteiger partial charge is 0.492 e. The summed E-state index contributed by atoms with van der Waals surface area (Å²) in [6, 6.07) is 3.82. The van der Waals surface area contributed by atoms with Gasteiger partial charge in [-0.25, -0.2) is 9.97 Å². The highest BCUT2D eigenvalue weighted by atomic mass is 35.5. The standard InChI is InChI=1S/C25H29ClN4O3/c1-2-16-14-27-25(28-15-16)29-7-4-19(5-8-29)30-9-3-17(24(30)32)11-18-12-23-20(13-21(18)26)22(31)6-10-33-23/h12-15,17,19H,2-11H2,1H3/t17-/m1/s1. The van der Waals surface area contributed by atoms with Crippen LogP contribution in [0, 0.1) is 5.92 Å². The van der Waals surface area contributed by atoms with Gasteiger partial charge in [0.15, 0.2) is 5.78 Å². The van der Waals surface area contributed by atoms with Crippen molar-refractivity contribution in [2.45, 2.75) is 51.5 Å². The fourth-order valence-electron chi connectivity index (χ4n) is 5.13. The molecule has 33 heavy (non-hydrogen) atoms. The Bertz CT molecular complexity index is 1050. The molecule has 0 bridgehead atoms. The monoisotopic (exact) mass is 468 g/mol. The lowest BCUT2D eigenvalue weighted by Gasteiger charge is -2.36. The van der Waals surface area contributed by atoms with Crippen LogP contribution in [0.5, 0.6) is 5.75 Å². The van der Waals surface area contributed by atoms with Gasteiger partial charge in [0, 0.05) is 55.4 Å². The predicted molar refractivity (Wildman–Crippen MR) is 126 cm³/mol. The van der Waals surface area contributed by atoms with Gasteiger partial charge in [-0.15, -0.1) is 0 Å². The number of hydrogen-bond donors (Lipinski definition) is 0. The molecular formula is C25H29ClN4O3. The lowest BCUT2D eigenvalue weighted by atomic mass is 9.95. The number of hydrogen-bond acceptors (Lipinski definition) is 6. The van der Waals surface area contributed by atoms with Gasteiger partial charge in [0.2, 0.25) is 11.9 Å². The summed E-state index contributed by atoms with van der Waals surface area (Å²) >= 11 is 6.48. The van der Waals surface area contributed by atoms with Crippen LogP contribution in [0.2, 0.25) is 5.02 Å². The number of rotatable bonds is 5. The third-order valence-electron chi connectivity index (χ3n) is 7.14. The third-order valence-corrected chi connectivity index (χ3v) is 7.49. The molecule has 2 saturated heterocycles. The van der Waals surface area contributed by atoms with Crippen molar-refractivity contribution in [2.75, 3.05) is 31.1 Å². The molecule has 174 valence electrons. The van der Waals surface area contributed by atoms with E-state index < -0.39 is 0 Å². The Morgan fingerprint density at radius 3 is 2.58 bits per heavy atom. The molecule has 0 unspecified atom stereocenters. The maximum atomic E-state index is 13.2. The number of halogens is 1. The van der Waals surface area contributed by atoms with E-state index in [9.17, 15) is 9.59 Å². The van der Waals surface area contributed by atoms with Crippen molar-refractivity contribution in [1.82, 2.24) is 14.9 Å². The number of carbonyl (C=O) groups excluding carboxylic acids is 2. The first-order valence-electron chi connectivity index (χ1n) is 11.9. The number of ketones is 1. The number of carbonyl (C=O) groups is 2. The molecule has 3 aliphatic heterocycles. The van der Waals surface area contributed by atoms with Crippen LogP contribution in [0.15, 0.2) is 24.5 Å². The van der Waals surface area contributed by atoms with E-state index in [1.54, 1.807) is 6.07 Å². The molecular weight excluding hydrogens is 440 g/mol. The van der Waals surface area contributed by atoms with Crippen molar-refractivity contribution < 1.29 is 14.3 Å². The molecule has 7 nitrogen and oxygen atoms in total. The molecule has 2 aromatic rings. The summed E-state index contributed by atoms with van der Waals surface area (Å²) in [5, 5.41) is 0.543. The minimum absolute atomic E-state index is 0.0610. The van der Waals surface area contributed by atoms with Crippen molar-refractivity contribution in [3.63, 3.8) is 0 Å². The van der Waals surface area contributed by atoms with E-state index >= 15 is 0 Å². The van der Waals surface area contributed by atoms with E-state index in [-0.39, 0.29) is 23.7 Å². The lowest BCUT2D eigenvalue weighted by molar-refractivity contribution is -0.133. The number of anilines is 1. The van der Waals surface area contributed by atoms with Gasteiger partial charge in [-0.1, -0.05) is 18.5 Å². The Labute approximate surface area is 199 Å². The number of aryl methyl sites for hydroxylation is 1. The Kier molecular flexibility index (Phi) is 6.23. The molecule has 3 aliphatic rings. The maximum Gasteiger partial charge on any atom is 0.226 e. The summed E-state index contributed by atoms with van der Waals surface area (Å²) in [7, 11) is 0. The Morgan fingerprint density at radius 1 is 1.09 bits per heavy atom. The maximum absolute atomic E-state index is 13.2. The quantitative estimate of drug-likeness (QED) is 0.665. The average Bonchev–Trinajstić information content (AvgIpc) is 3.20.